The average Bonchev–Trinajstić information content (AvgIpc) is 2.66. The summed E-state index contributed by atoms with van der Waals surface area (Å²) in [5, 5.41) is 3.37. The van der Waals surface area contributed by atoms with Crippen LogP contribution in [0.4, 0.5) is 11.4 Å². The molecule has 0 spiro atoms. The van der Waals surface area contributed by atoms with Gasteiger partial charge in [-0.1, -0.05) is 12.1 Å². The maximum absolute atomic E-state index is 12.3. The largest absolute Gasteiger partial charge is 0.383 e. The van der Waals surface area contributed by atoms with E-state index in [0.29, 0.717) is 6.42 Å². The number of unbranched alkanes of at least 4 members (excludes halogenated alkanes) is 2. The lowest BCUT2D eigenvalue weighted by Crippen LogP contribution is -2.31. The molecule has 1 amide bonds. The number of hydrogen-bond acceptors (Lipinski definition) is 2. The third-order valence-electron chi connectivity index (χ3n) is 3.33. The maximum Gasteiger partial charge on any atom is 0.227 e. The monoisotopic (exact) mass is 256 g/mol. The second kappa shape index (κ2) is 6.84. The smallest absolute Gasteiger partial charge is 0.227 e. The van der Waals surface area contributed by atoms with Gasteiger partial charge < -0.3 is 10.2 Å². The van der Waals surface area contributed by atoms with E-state index in [9.17, 15) is 4.79 Å². The van der Waals surface area contributed by atoms with Gasteiger partial charge in [0, 0.05) is 25.9 Å². The zero-order valence-corrected chi connectivity index (χ0v) is 11.2. The first-order valence-corrected chi connectivity index (χ1v) is 6.89. The van der Waals surface area contributed by atoms with Crippen LogP contribution in [0.25, 0.3) is 0 Å². The SMILES string of the molecule is C#CCCCCC(=O)N1CCCNc2ccccc21. The van der Waals surface area contributed by atoms with Crippen molar-refractivity contribution >= 4 is 17.3 Å². The Morgan fingerprint density at radius 1 is 1.37 bits per heavy atom. The van der Waals surface area contributed by atoms with Gasteiger partial charge in [0.2, 0.25) is 5.91 Å². The molecule has 1 aliphatic rings. The molecular formula is C16H20N2O. The normalized spacial score (nSPS) is 13.9. The Morgan fingerprint density at radius 2 is 2.21 bits per heavy atom. The number of carbonyl (C=O) groups is 1. The average molecular weight is 256 g/mol. The van der Waals surface area contributed by atoms with E-state index >= 15 is 0 Å². The van der Waals surface area contributed by atoms with Gasteiger partial charge in [-0.2, -0.15) is 0 Å². The van der Waals surface area contributed by atoms with Crippen molar-refractivity contribution in [1.29, 1.82) is 0 Å². The molecule has 0 atom stereocenters. The third kappa shape index (κ3) is 3.51. The van der Waals surface area contributed by atoms with Crippen LogP contribution in [-0.2, 0) is 4.79 Å². The van der Waals surface area contributed by atoms with E-state index in [4.69, 9.17) is 6.42 Å². The zero-order chi connectivity index (χ0) is 13.5. The van der Waals surface area contributed by atoms with Crippen molar-refractivity contribution in [2.45, 2.75) is 32.1 Å². The molecule has 1 aromatic rings. The van der Waals surface area contributed by atoms with Crippen LogP contribution in [0.3, 0.4) is 0 Å². The van der Waals surface area contributed by atoms with Gasteiger partial charge in [0.05, 0.1) is 11.4 Å². The number of nitrogens with zero attached hydrogens (tertiary/aromatic N) is 1. The van der Waals surface area contributed by atoms with E-state index in [1.807, 2.05) is 29.2 Å². The summed E-state index contributed by atoms with van der Waals surface area (Å²) >= 11 is 0. The van der Waals surface area contributed by atoms with Gasteiger partial charge in [-0.3, -0.25) is 4.79 Å². The fraction of sp³-hybridized carbons (Fsp3) is 0.438. The van der Waals surface area contributed by atoms with Crippen LogP contribution >= 0.6 is 0 Å². The topological polar surface area (TPSA) is 32.3 Å². The Labute approximate surface area is 115 Å². The summed E-state index contributed by atoms with van der Waals surface area (Å²) in [5.41, 5.74) is 2.05. The molecule has 1 heterocycles. The predicted molar refractivity (Wildman–Crippen MR) is 79.2 cm³/mol. The lowest BCUT2D eigenvalue weighted by atomic mass is 10.1. The van der Waals surface area contributed by atoms with Gasteiger partial charge in [0.15, 0.2) is 0 Å². The molecule has 100 valence electrons. The molecule has 1 N–H and O–H groups in total. The van der Waals surface area contributed by atoms with Crippen LogP contribution in [0.5, 0.6) is 0 Å². The van der Waals surface area contributed by atoms with Crippen LogP contribution in [0.2, 0.25) is 0 Å². The van der Waals surface area contributed by atoms with Crippen LogP contribution in [0, 0.1) is 12.3 Å². The van der Waals surface area contributed by atoms with Crippen LogP contribution in [0.1, 0.15) is 32.1 Å². The number of para-hydroxylation sites is 2. The highest BCUT2D eigenvalue weighted by atomic mass is 16.2. The van der Waals surface area contributed by atoms with Crippen molar-refractivity contribution in [2.75, 3.05) is 23.3 Å². The molecule has 0 radical (unpaired) electrons. The Bertz CT molecular complexity index is 476. The first kappa shape index (κ1) is 13.5. The van der Waals surface area contributed by atoms with Gasteiger partial charge in [-0.25, -0.2) is 0 Å². The highest BCUT2D eigenvalue weighted by molar-refractivity contribution is 5.96. The third-order valence-corrected chi connectivity index (χ3v) is 3.33. The van der Waals surface area contributed by atoms with Crippen LogP contribution in [-0.4, -0.2) is 19.0 Å². The summed E-state index contributed by atoms with van der Waals surface area (Å²) < 4.78 is 0. The van der Waals surface area contributed by atoms with E-state index in [0.717, 1.165) is 50.1 Å². The Morgan fingerprint density at radius 3 is 3.05 bits per heavy atom. The maximum atomic E-state index is 12.3. The highest BCUT2D eigenvalue weighted by Crippen LogP contribution is 2.28. The number of anilines is 2. The molecule has 2 rings (SSSR count). The van der Waals surface area contributed by atoms with Gasteiger partial charge in [0.1, 0.15) is 0 Å². The first-order valence-electron chi connectivity index (χ1n) is 6.89. The number of nitrogens with one attached hydrogen (secondary N) is 1. The highest BCUT2D eigenvalue weighted by Gasteiger charge is 2.19. The summed E-state index contributed by atoms with van der Waals surface area (Å²) in [6.45, 7) is 1.70. The van der Waals surface area contributed by atoms with Crippen molar-refractivity contribution < 1.29 is 4.79 Å². The fourth-order valence-electron chi connectivity index (χ4n) is 2.34. The molecule has 0 saturated heterocycles. The van der Waals surface area contributed by atoms with Crippen molar-refractivity contribution in [3.63, 3.8) is 0 Å². The van der Waals surface area contributed by atoms with Crippen LogP contribution in [0.15, 0.2) is 24.3 Å². The summed E-state index contributed by atoms with van der Waals surface area (Å²) in [5.74, 6) is 2.81. The minimum atomic E-state index is 0.202. The summed E-state index contributed by atoms with van der Waals surface area (Å²) in [4.78, 5) is 14.2. The summed E-state index contributed by atoms with van der Waals surface area (Å²) in [7, 11) is 0. The molecule has 0 fully saturated rings. The summed E-state index contributed by atoms with van der Waals surface area (Å²) in [6, 6.07) is 8.00. The molecule has 0 saturated carbocycles. The molecule has 3 heteroatoms. The second-order valence-corrected chi connectivity index (χ2v) is 4.75. The van der Waals surface area contributed by atoms with Crippen molar-refractivity contribution in [1.82, 2.24) is 0 Å². The molecule has 0 unspecified atom stereocenters. The number of rotatable bonds is 4. The van der Waals surface area contributed by atoms with Gasteiger partial charge >= 0.3 is 0 Å². The van der Waals surface area contributed by atoms with Crippen molar-refractivity contribution in [2.24, 2.45) is 0 Å². The van der Waals surface area contributed by atoms with E-state index in [1.54, 1.807) is 0 Å². The van der Waals surface area contributed by atoms with E-state index in [2.05, 4.69) is 11.2 Å². The molecule has 3 nitrogen and oxygen atoms in total. The summed E-state index contributed by atoms with van der Waals surface area (Å²) in [6.07, 6.45) is 9.33. The number of benzene rings is 1. The molecule has 1 aromatic carbocycles. The van der Waals surface area contributed by atoms with Gasteiger partial charge in [-0.15, -0.1) is 12.3 Å². The van der Waals surface area contributed by atoms with Gasteiger partial charge in [-0.05, 0) is 31.4 Å². The molecule has 0 aliphatic carbocycles. The zero-order valence-electron chi connectivity index (χ0n) is 11.2. The second-order valence-electron chi connectivity index (χ2n) is 4.75. The van der Waals surface area contributed by atoms with Crippen molar-refractivity contribution in [3.8, 4) is 12.3 Å². The number of terminal acetylenes is 1. The lowest BCUT2D eigenvalue weighted by molar-refractivity contribution is -0.118. The molecule has 0 bridgehead atoms. The number of hydrogen-bond donors (Lipinski definition) is 1. The Balaban J connectivity index is 2.03. The Kier molecular flexibility index (Phi) is 4.85. The minimum absolute atomic E-state index is 0.202. The molecule has 1 aliphatic heterocycles. The minimum Gasteiger partial charge on any atom is -0.383 e. The number of carbonyl (C=O) groups excluding carboxylic acids is 1. The van der Waals surface area contributed by atoms with Crippen LogP contribution < -0.4 is 10.2 Å². The van der Waals surface area contributed by atoms with E-state index in [-0.39, 0.29) is 5.91 Å². The van der Waals surface area contributed by atoms with E-state index < -0.39 is 0 Å². The standard InChI is InChI=1S/C16H20N2O/c1-2-3-4-5-11-16(19)18-13-8-12-17-14-9-6-7-10-15(14)18/h1,6-7,9-10,17H,3-5,8,11-13H2. The quantitative estimate of drug-likeness (QED) is 0.663. The Hall–Kier alpha value is -1.95. The first-order chi connectivity index (χ1) is 9.33. The fourth-order valence-corrected chi connectivity index (χ4v) is 2.34. The molecular weight excluding hydrogens is 236 g/mol. The molecule has 19 heavy (non-hydrogen) atoms. The molecule has 0 aromatic heterocycles. The van der Waals surface area contributed by atoms with E-state index in [1.165, 1.54) is 0 Å². The predicted octanol–water partition coefficient (Wildman–Crippen LogP) is 3.03. The lowest BCUT2D eigenvalue weighted by Gasteiger charge is -2.22. The number of fused-ring (bicyclic) bond motifs is 1. The number of amides is 1. The van der Waals surface area contributed by atoms with Gasteiger partial charge in [0.25, 0.3) is 0 Å². The van der Waals surface area contributed by atoms with Crippen molar-refractivity contribution in [3.05, 3.63) is 24.3 Å².